The van der Waals surface area contributed by atoms with Gasteiger partial charge in [-0.3, -0.25) is 9.69 Å². The van der Waals surface area contributed by atoms with Crippen LogP contribution in [0, 0.1) is 5.92 Å². The Morgan fingerprint density at radius 2 is 1.64 bits per heavy atom. The van der Waals surface area contributed by atoms with Crippen LogP contribution in [0.2, 0.25) is 0 Å². The Labute approximate surface area is 166 Å². The van der Waals surface area contributed by atoms with Gasteiger partial charge in [0, 0.05) is 30.2 Å². The molecule has 0 spiro atoms. The van der Waals surface area contributed by atoms with Crippen LogP contribution in [0.3, 0.4) is 0 Å². The van der Waals surface area contributed by atoms with Gasteiger partial charge < -0.3 is 20.5 Å². The quantitative estimate of drug-likeness (QED) is 0.653. The number of para-hydroxylation sites is 1. The number of ether oxygens (including phenoxy) is 1. The van der Waals surface area contributed by atoms with Crippen LogP contribution in [0.25, 0.3) is 0 Å². The van der Waals surface area contributed by atoms with E-state index in [4.69, 9.17) is 4.74 Å². The highest BCUT2D eigenvalue weighted by molar-refractivity contribution is 5.93. The van der Waals surface area contributed by atoms with Gasteiger partial charge >= 0.3 is 0 Å². The maximum Gasteiger partial charge on any atom is 0.230 e. The number of rotatable bonds is 8. The smallest absolute Gasteiger partial charge is 0.230 e. The zero-order chi connectivity index (χ0) is 19.8. The van der Waals surface area contributed by atoms with Crippen LogP contribution in [0.4, 0.5) is 17.1 Å². The van der Waals surface area contributed by atoms with Crippen molar-refractivity contribution >= 4 is 23.0 Å². The van der Waals surface area contributed by atoms with Crippen molar-refractivity contribution in [3.05, 3.63) is 54.6 Å². The second-order valence-corrected chi connectivity index (χ2v) is 7.15. The van der Waals surface area contributed by atoms with Crippen molar-refractivity contribution in [2.24, 2.45) is 5.92 Å². The number of nitrogens with zero attached hydrogens (tertiary/aromatic N) is 1. The minimum atomic E-state index is -0.694. The minimum Gasteiger partial charge on any atom is -0.393 e. The van der Waals surface area contributed by atoms with Gasteiger partial charge in [0.1, 0.15) is 0 Å². The zero-order valence-electron chi connectivity index (χ0n) is 16.3. The van der Waals surface area contributed by atoms with E-state index in [1.807, 2.05) is 54.6 Å². The van der Waals surface area contributed by atoms with E-state index in [2.05, 4.69) is 15.5 Å². The van der Waals surface area contributed by atoms with E-state index in [0.717, 1.165) is 49.9 Å². The summed E-state index contributed by atoms with van der Waals surface area (Å²) in [5, 5.41) is 16.3. The average molecular weight is 383 g/mol. The van der Waals surface area contributed by atoms with E-state index in [9.17, 15) is 9.90 Å². The zero-order valence-corrected chi connectivity index (χ0v) is 16.3. The molecule has 2 aromatic carbocycles. The van der Waals surface area contributed by atoms with Crippen molar-refractivity contribution in [1.82, 2.24) is 4.90 Å². The highest BCUT2D eigenvalue weighted by Gasteiger charge is 2.25. The number of anilines is 3. The predicted octanol–water partition coefficient (Wildman–Crippen LogP) is 3.09. The van der Waals surface area contributed by atoms with E-state index in [1.54, 1.807) is 6.92 Å². The summed E-state index contributed by atoms with van der Waals surface area (Å²) in [6.07, 6.45) is -0.0722. The first kappa shape index (κ1) is 20.3. The van der Waals surface area contributed by atoms with Gasteiger partial charge in [-0.15, -0.1) is 0 Å². The van der Waals surface area contributed by atoms with Crippen LogP contribution in [0.1, 0.15) is 13.3 Å². The summed E-state index contributed by atoms with van der Waals surface area (Å²) in [6.45, 7) is 5.68. The summed E-state index contributed by atoms with van der Waals surface area (Å²) in [5.74, 6) is -0.586. The van der Waals surface area contributed by atoms with Crippen molar-refractivity contribution < 1.29 is 14.6 Å². The maximum absolute atomic E-state index is 12.7. The van der Waals surface area contributed by atoms with Gasteiger partial charge in [-0.05, 0) is 56.3 Å². The van der Waals surface area contributed by atoms with Crippen molar-refractivity contribution in [1.29, 1.82) is 0 Å². The Morgan fingerprint density at radius 1 is 1.04 bits per heavy atom. The fraction of sp³-hybridized carbons (Fsp3) is 0.409. The Hall–Kier alpha value is -2.41. The Bertz CT molecular complexity index is 728. The molecule has 1 amide bonds. The molecule has 3 rings (SSSR count). The van der Waals surface area contributed by atoms with E-state index < -0.39 is 12.0 Å². The van der Waals surface area contributed by atoms with Crippen molar-refractivity contribution in [2.75, 3.05) is 43.5 Å². The molecule has 2 aromatic rings. The molecule has 2 atom stereocenters. The molecule has 1 aliphatic rings. The van der Waals surface area contributed by atoms with Gasteiger partial charge in [-0.1, -0.05) is 18.2 Å². The Morgan fingerprint density at radius 3 is 2.29 bits per heavy atom. The molecule has 1 aliphatic heterocycles. The minimum absolute atomic E-state index is 0.146. The van der Waals surface area contributed by atoms with Gasteiger partial charge in [-0.2, -0.15) is 0 Å². The molecule has 3 N–H and O–H groups in total. The van der Waals surface area contributed by atoms with Gasteiger partial charge in [0.25, 0.3) is 0 Å². The number of morpholine rings is 1. The fourth-order valence-electron chi connectivity index (χ4n) is 3.30. The number of nitrogens with one attached hydrogen (secondary N) is 2. The molecule has 1 heterocycles. The van der Waals surface area contributed by atoms with E-state index in [-0.39, 0.29) is 5.91 Å². The van der Waals surface area contributed by atoms with Crippen LogP contribution in [-0.4, -0.2) is 54.9 Å². The number of carbonyl (C=O) groups is 1. The maximum atomic E-state index is 12.7. The molecule has 0 aliphatic carbocycles. The molecule has 2 unspecified atom stereocenters. The number of carbonyl (C=O) groups excluding carboxylic acids is 1. The van der Waals surface area contributed by atoms with Crippen LogP contribution in [0.15, 0.2) is 54.6 Å². The first-order chi connectivity index (χ1) is 13.6. The summed E-state index contributed by atoms with van der Waals surface area (Å²) in [7, 11) is 0. The molecule has 150 valence electrons. The fourth-order valence-corrected chi connectivity index (χ4v) is 3.30. The number of benzene rings is 2. The third kappa shape index (κ3) is 6.05. The van der Waals surface area contributed by atoms with Crippen LogP contribution in [-0.2, 0) is 9.53 Å². The summed E-state index contributed by atoms with van der Waals surface area (Å²) in [5.41, 5.74) is 2.68. The third-order valence-electron chi connectivity index (χ3n) is 4.99. The van der Waals surface area contributed by atoms with Gasteiger partial charge in [0.15, 0.2) is 0 Å². The molecule has 1 fully saturated rings. The monoisotopic (exact) mass is 383 g/mol. The van der Waals surface area contributed by atoms with Crippen LogP contribution < -0.4 is 10.6 Å². The van der Waals surface area contributed by atoms with E-state index in [1.165, 1.54) is 0 Å². The third-order valence-corrected chi connectivity index (χ3v) is 4.99. The van der Waals surface area contributed by atoms with Crippen molar-refractivity contribution in [3.8, 4) is 0 Å². The predicted molar refractivity (Wildman–Crippen MR) is 112 cm³/mol. The van der Waals surface area contributed by atoms with Crippen LogP contribution in [0.5, 0.6) is 0 Å². The number of aliphatic hydroxyl groups is 1. The topological polar surface area (TPSA) is 73.8 Å². The highest BCUT2D eigenvalue weighted by atomic mass is 16.5. The largest absolute Gasteiger partial charge is 0.393 e. The number of amides is 1. The summed E-state index contributed by atoms with van der Waals surface area (Å²) in [6, 6.07) is 17.5. The second kappa shape index (κ2) is 10.2. The Kier molecular flexibility index (Phi) is 7.42. The number of hydrogen-bond acceptors (Lipinski definition) is 5. The van der Waals surface area contributed by atoms with E-state index in [0.29, 0.717) is 6.42 Å². The molecule has 0 bridgehead atoms. The van der Waals surface area contributed by atoms with Gasteiger partial charge in [0.2, 0.25) is 5.91 Å². The van der Waals surface area contributed by atoms with Gasteiger partial charge in [0.05, 0.1) is 25.2 Å². The molecule has 6 nitrogen and oxygen atoms in total. The van der Waals surface area contributed by atoms with Crippen LogP contribution >= 0.6 is 0 Å². The van der Waals surface area contributed by atoms with Gasteiger partial charge in [-0.25, -0.2) is 0 Å². The number of hydrogen-bond donors (Lipinski definition) is 3. The number of aliphatic hydroxyl groups excluding tert-OH is 1. The first-order valence-corrected chi connectivity index (χ1v) is 9.83. The molecular formula is C22H29N3O3. The summed E-state index contributed by atoms with van der Waals surface area (Å²) in [4.78, 5) is 14.9. The summed E-state index contributed by atoms with van der Waals surface area (Å²) >= 11 is 0. The summed E-state index contributed by atoms with van der Waals surface area (Å²) < 4.78 is 5.35. The molecule has 28 heavy (non-hydrogen) atoms. The molecule has 0 radical (unpaired) electrons. The molecule has 6 heteroatoms. The lowest BCUT2D eigenvalue weighted by Crippen LogP contribution is -2.40. The van der Waals surface area contributed by atoms with E-state index >= 15 is 0 Å². The average Bonchev–Trinajstić information content (AvgIpc) is 2.71. The first-order valence-electron chi connectivity index (χ1n) is 9.83. The Balaban J connectivity index is 1.53. The molecular weight excluding hydrogens is 354 g/mol. The highest BCUT2D eigenvalue weighted by Crippen LogP contribution is 2.20. The lowest BCUT2D eigenvalue weighted by molar-refractivity contribution is -0.123. The second-order valence-electron chi connectivity index (χ2n) is 7.15. The lowest BCUT2D eigenvalue weighted by Gasteiger charge is -2.28. The normalized spacial score (nSPS) is 16.9. The molecule has 1 saturated heterocycles. The molecule has 0 saturated carbocycles. The van der Waals surface area contributed by atoms with Crippen molar-refractivity contribution in [2.45, 2.75) is 19.4 Å². The molecule has 0 aromatic heterocycles. The standard InChI is InChI=1S/C22H29N3O3/c1-17(26)21(11-12-25-13-15-28-16-14-25)22(27)24-20-9-7-19(8-10-20)23-18-5-3-2-4-6-18/h2-10,17,21,23,26H,11-16H2,1H3,(H,24,27). The SMILES string of the molecule is CC(O)C(CCN1CCOCC1)C(=O)Nc1ccc(Nc2ccccc2)cc1. The van der Waals surface area contributed by atoms with Crippen molar-refractivity contribution in [3.63, 3.8) is 0 Å². The lowest BCUT2D eigenvalue weighted by atomic mass is 9.98.